The molecule has 1 rings (SSSR count). The zero-order valence-electron chi connectivity index (χ0n) is 27.1. The first-order valence-electron chi connectivity index (χ1n) is 17.3. The minimum Gasteiger partial charge on any atom is -0.490 e. The highest BCUT2D eigenvalue weighted by atomic mass is 16.5. The molecule has 1 N–H and O–H groups in total. The summed E-state index contributed by atoms with van der Waals surface area (Å²) in [5.41, 5.74) is 0.167. The van der Waals surface area contributed by atoms with Crippen molar-refractivity contribution in [3.63, 3.8) is 0 Å². The molecule has 1 aromatic carbocycles. The van der Waals surface area contributed by atoms with Crippen molar-refractivity contribution in [2.45, 2.75) is 168 Å². The lowest BCUT2D eigenvalue weighted by molar-refractivity contribution is 0.0695. The average Bonchev–Trinajstić information content (AvgIpc) is 2.97. The second-order valence-electron chi connectivity index (χ2n) is 11.8. The maximum atomic E-state index is 11.7. The lowest BCUT2D eigenvalue weighted by Gasteiger charge is -2.16. The number of hydrogen-bond donors (Lipinski definition) is 1. The molecule has 0 atom stereocenters. The summed E-state index contributed by atoms with van der Waals surface area (Å²) in [6.45, 7) is 5.63. The molecule has 0 unspecified atom stereocenters. The van der Waals surface area contributed by atoms with Gasteiger partial charge >= 0.3 is 5.97 Å². The number of hydrogen-bond acceptors (Lipinski definition) is 4. The second-order valence-corrected chi connectivity index (χ2v) is 11.8. The van der Waals surface area contributed by atoms with E-state index in [4.69, 9.17) is 14.2 Å². The molecule has 0 aliphatic rings. The number of benzene rings is 1. The van der Waals surface area contributed by atoms with Crippen LogP contribution < -0.4 is 14.2 Å². The number of carboxylic acid groups (broad SMARTS) is 1. The molecular formula is C36H64O5. The topological polar surface area (TPSA) is 65.0 Å². The molecule has 0 saturated heterocycles. The smallest absolute Gasteiger partial charge is 0.335 e. The highest BCUT2D eigenvalue weighted by molar-refractivity contribution is 5.89. The number of unbranched alkanes of at least 4 members (excludes halogenated alkanes) is 22. The first-order chi connectivity index (χ1) is 20.1. The van der Waals surface area contributed by atoms with Gasteiger partial charge in [-0.1, -0.05) is 155 Å². The van der Waals surface area contributed by atoms with Gasteiger partial charge in [0, 0.05) is 0 Å². The average molecular weight is 577 g/mol. The van der Waals surface area contributed by atoms with Crippen molar-refractivity contribution in [3.8, 4) is 17.2 Å². The summed E-state index contributed by atoms with van der Waals surface area (Å²) >= 11 is 0. The summed E-state index contributed by atoms with van der Waals surface area (Å²) in [5, 5.41) is 9.61. The summed E-state index contributed by atoms with van der Waals surface area (Å²) in [4.78, 5) is 11.7. The van der Waals surface area contributed by atoms with Gasteiger partial charge in [-0.15, -0.1) is 0 Å². The maximum absolute atomic E-state index is 11.7. The Morgan fingerprint density at radius 3 is 1.10 bits per heavy atom. The predicted molar refractivity (Wildman–Crippen MR) is 173 cm³/mol. The molecule has 0 spiro atoms. The van der Waals surface area contributed by atoms with Crippen LogP contribution in [0.4, 0.5) is 0 Å². The molecule has 0 aliphatic heterocycles. The van der Waals surface area contributed by atoms with Crippen LogP contribution in [-0.2, 0) is 0 Å². The Kier molecular flexibility index (Phi) is 24.4. The van der Waals surface area contributed by atoms with Gasteiger partial charge in [-0.05, 0) is 25.0 Å². The molecule has 0 aliphatic carbocycles. The SMILES string of the molecule is CCCCCCCCCCCCCCOc1cc(C(=O)O)cc(OCCCCCCCCCCCCCC)c1OC. The molecule has 238 valence electrons. The molecule has 0 radical (unpaired) electrons. The molecule has 0 heterocycles. The Balaban J connectivity index is 2.27. The lowest BCUT2D eigenvalue weighted by atomic mass is 10.1. The first kappa shape index (κ1) is 37.1. The van der Waals surface area contributed by atoms with Crippen LogP contribution in [0, 0.1) is 0 Å². The van der Waals surface area contributed by atoms with Crippen LogP contribution in [0.5, 0.6) is 17.2 Å². The quantitative estimate of drug-likeness (QED) is 0.0923. The van der Waals surface area contributed by atoms with Gasteiger partial charge in [0.1, 0.15) is 0 Å². The van der Waals surface area contributed by atoms with Crippen molar-refractivity contribution in [3.05, 3.63) is 17.7 Å². The molecule has 1 aromatic rings. The van der Waals surface area contributed by atoms with E-state index in [9.17, 15) is 9.90 Å². The van der Waals surface area contributed by atoms with Gasteiger partial charge in [0.15, 0.2) is 11.5 Å². The van der Waals surface area contributed by atoms with Gasteiger partial charge in [0.25, 0.3) is 0 Å². The Labute approximate surface area is 253 Å². The van der Waals surface area contributed by atoms with E-state index >= 15 is 0 Å². The Bertz CT molecular complexity index is 696. The third kappa shape index (κ3) is 19.8. The fourth-order valence-corrected chi connectivity index (χ4v) is 5.37. The fourth-order valence-electron chi connectivity index (χ4n) is 5.37. The molecule has 41 heavy (non-hydrogen) atoms. The largest absolute Gasteiger partial charge is 0.490 e. The molecule has 0 aromatic heterocycles. The molecule has 5 nitrogen and oxygen atoms in total. The summed E-state index contributed by atoms with van der Waals surface area (Å²) in [7, 11) is 1.59. The normalized spacial score (nSPS) is 11.1. The first-order valence-corrected chi connectivity index (χ1v) is 17.3. The fraction of sp³-hybridized carbons (Fsp3) is 0.806. The number of methoxy groups -OCH3 is 1. The minimum absolute atomic E-state index is 0.167. The number of carbonyl (C=O) groups is 1. The summed E-state index contributed by atoms with van der Waals surface area (Å²) < 4.78 is 17.6. The number of aromatic carboxylic acids is 1. The number of carboxylic acids is 1. The van der Waals surface area contributed by atoms with E-state index in [1.165, 1.54) is 128 Å². The molecule has 5 heteroatoms. The van der Waals surface area contributed by atoms with E-state index in [0.717, 1.165) is 25.7 Å². The van der Waals surface area contributed by atoms with E-state index in [1.54, 1.807) is 19.2 Å². The van der Waals surface area contributed by atoms with Crippen LogP contribution in [0.1, 0.15) is 178 Å². The van der Waals surface area contributed by atoms with E-state index < -0.39 is 5.97 Å². The minimum atomic E-state index is -0.988. The molecule has 0 bridgehead atoms. The van der Waals surface area contributed by atoms with Crippen molar-refractivity contribution < 1.29 is 24.1 Å². The van der Waals surface area contributed by atoms with E-state index in [-0.39, 0.29) is 5.56 Å². The second kappa shape index (κ2) is 27.0. The van der Waals surface area contributed by atoms with Crippen molar-refractivity contribution in [1.29, 1.82) is 0 Å². The van der Waals surface area contributed by atoms with Gasteiger partial charge in [-0.25, -0.2) is 4.79 Å². The summed E-state index contributed by atoms with van der Waals surface area (Å²) in [6, 6.07) is 3.11. The van der Waals surface area contributed by atoms with Crippen LogP contribution in [0.2, 0.25) is 0 Å². The zero-order valence-corrected chi connectivity index (χ0v) is 27.1. The van der Waals surface area contributed by atoms with Crippen molar-refractivity contribution in [2.24, 2.45) is 0 Å². The van der Waals surface area contributed by atoms with E-state index in [2.05, 4.69) is 13.8 Å². The van der Waals surface area contributed by atoms with Crippen molar-refractivity contribution >= 4 is 5.97 Å². The molecule has 0 fully saturated rings. The Morgan fingerprint density at radius 1 is 0.537 bits per heavy atom. The highest BCUT2D eigenvalue weighted by Gasteiger charge is 2.17. The third-order valence-electron chi connectivity index (χ3n) is 7.98. The third-order valence-corrected chi connectivity index (χ3v) is 7.98. The summed E-state index contributed by atoms with van der Waals surface area (Å²) in [5.74, 6) is 0.422. The van der Waals surface area contributed by atoms with Gasteiger partial charge in [-0.2, -0.15) is 0 Å². The van der Waals surface area contributed by atoms with Gasteiger partial charge < -0.3 is 19.3 Å². The van der Waals surface area contributed by atoms with E-state index in [0.29, 0.717) is 30.5 Å². The van der Waals surface area contributed by atoms with Crippen LogP contribution >= 0.6 is 0 Å². The standard InChI is InChI=1S/C36H64O5/c1-4-6-8-10-12-14-16-18-20-22-24-26-28-40-33-30-32(36(37)38)31-34(35(33)39-3)41-29-27-25-23-21-19-17-15-13-11-9-7-5-2/h30-31H,4-29H2,1-3H3,(H,37,38). The van der Waals surface area contributed by atoms with Crippen molar-refractivity contribution in [2.75, 3.05) is 20.3 Å². The Hall–Kier alpha value is -1.91. The summed E-state index contributed by atoms with van der Waals surface area (Å²) in [6.07, 6.45) is 31.0. The van der Waals surface area contributed by atoms with Crippen LogP contribution in [0.25, 0.3) is 0 Å². The van der Waals surface area contributed by atoms with Crippen LogP contribution in [0.3, 0.4) is 0 Å². The Morgan fingerprint density at radius 2 is 0.829 bits per heavy atom. The monoisotopic (exact) mass is 576 g/mol. The molecular weight excluding hydrogens is 512 g/mol. The van der Waals surface area contributed by atoms with E-state index in [1.807, 2.05) is 0 Å². The molecule has 0 amide bonds. The van der Waals surface area contributed by atoms with Gasteiger partial charge in [0.05, 0.1) is 25.9 Å². The highest BCUT2D eigenvalue weighted by Crippen LogP contribution is 2.39. The number of ether oxygens (including phenoxy) is 3. The molecule has 0 saturated carbocycles. The number of rotatable bonds is 30. The van der Waals surface area contributed by atoms with Gasteiger partial charge in [-0.3, -0.25) is 0 Å². The van der Waals surface area contributed by atoms with Gasteiger partial charge in [0.2, 0.25) is 5.75 Å². The maximum Gasteiger partial charge on any atom is 0.335 e. The predicted octanol–water partition coefficient (Wildman–Crippen LogP) is 11.6. The van der Waals surface area contributed by atoms with Crippen LogP contribution in [-0.4, -0.2) is 31.4 Å². The zero-order chi connectivity index (χ0) is 29.8. The van der Waals surface area contributed by atoms with Crippen molar-refractivity contribution in [1.82, 2.24) is 0 Å². The van der Waals surface area contributed by atoms with Crippen LogP contribution in [0.15, 0.2) is 12.1 Å². The lowest BCUT2D eigenvalue weighted by Crippen LogP contribution is -2.06.